The maximum atomic E-state index is 12.5. The lowest BCUT2D eigenvalue weighted by Crippen LogP contribution is -2.42. The van der Waals surface area contributed by atoms with E-state index in [1.54, 1.807) is 4.68 Å². The molecule has 0 spiro atoms. The Morgan fingerprint density at radius 3 is 3.04 bits per heavy atom. The quantitative estimate of drug-likeness (QED) is 0.837. The van der Waals surface area contributed by atoms with E-state index in [0.29, 0.717) is 19.8 Å². The lowest BCUT2D eigenvalue weighted by Gasteiger charge is -2.34. The van der Waals surface area contributed by atoms with Crippen LogP contribution in [0, 0.1) is 11.3 Å². The number of ether oxygens (including phenoxy) is 1. The van der Waals surface area contributed by atoms with E-state index in [4.69, 9.17) is 4.74 Å². The van der Waals surface area contributed by atoms with Crippen LogP contribution in [0.15, 0.2) is 6.20 Å². The van der Waals surface area contributed by atoms with E-state index < -0.39 is 0 Å². The van der Waals surface area contributed by atoms with Crippen LogP contribution < -0.4 is 5.32 Å². The summed E-state index contributed by atoms with van der Waals surface area (Å²) in [6, 6.07) is 0.0363. The molecule has 0 radical (unpaired) electrons. The number of carbonyl (C=O) groups excluding carboxylic acids is 1. The smallest absolute Gasteiger partial charge is 0.223 e. The summed E-state index contributed by atoms with van der Waals surface area (Å²) in [5.41, 5.74) is 1.10. The van der Waals surface area contributed by atoms with Crippen LogP contribution in [0.5, 0.6) is 0 Å². The lowest BCUT2D eigenvalue weighted by molar-refractivity contribution is -0.127. The Morgan fingerprint density at radius 1 is 1.57 bits per heavy atom. The van der Waals surface area contributed by atoms with Crippen molar-refractivity contribution in [3.05, 3.63) is 11.9 Å². The summed E-state index contributed by atoms with van der Waals surface area (Å²) in [6.07, 6.45) is 6.22. The summed E-state index contributed by atoms with van der Waals surface area (Å²) in [4.78, 5) is 12.5. The Morgan fingerprint density at radius 2 is 2.35 bits per heavy atom. The monoisotopic (exact) mass is 322 g/mol. The highest BCUT2D eigenvalue weighted by Gasteiger charge is 2.32. The Labute approximate surface area is 139 Å². The number of hydrogen-bond donors (Lipinski definition) is 1. The molecular formula is C17H30N4O2. The summed E-state index contributed by atoms with van der Waals surface area (Å²) in [5.74, 6) is 0.324. The summed E-state index contributed by atoms with van der Waals surface area (Å²) in [5, 5.41) is 11.3. The van der Waals surface area contributed by atoms with Crippen LogP contribution >= 0.6 is 0 Å². The predicted molar refractivity (Wildman–Crippen MR) is 88.7 cm³/mol. The van der Waals surface area contributed by atoms with Crippen LogP contribution in [0.2, 0.25) is 0 Å². The molecule has 1 N–H and O–H groups in total. The normalized spacial score (nSPS) is 21.8. The fourth-order valence-electron chi connectivity index (χ4n) is 3.31. The molecule has 6 nitrogen and oxygen atoms in total. The van der Waals surface area contributed by atoms with Gasteiger partial charge in [-0.1, -0.05) is 25.5 Å². The van der Waals surface area contributed by atoms with Crippen molar-refractivity contribution in [2.45, 2.75) is 72.6 Å². The van der Waals surface area contributed by atoms with E-state index in [1.807, 2.05) is 20.0 Å². The first kappa shape index (κ1) is 17.9. The van der Waals surface area contributed by atoms with Crippen LogP contribution in [-0.2, 0) is 22.7 Å². The second-order valence-electron chi connectivity index (χ2n) is 7.44. The highest BCUT2D eigenvalue weighted by molar-refractivity contribution is 5.79. The molecule has 0 saturated heterocycles. The van der Waals surface area contributed by atoms with Gasteiger partial charge in [0.1, 0.15) is 5.69 Å². The molecule has 1 unspecified atom stereocenters. The minimum Gasteiger partial charge on any atom is -0.375 e. The largest absolute Gasteiger partial charge is 0.375 e. The van der Waals surface area contributed by atoms with Gasteiger partial charge in [0.05, 0.1) is 19.3 Å². The third kappa shape index (κ3) is 5.61. The van der Waals surface area contributed by atoms with Gasteiger partial charge in [-0.15, -0.1) is 5.10 Å². The first-order valence-electron chi connectivity index (χ1n) is 8.67. The molecule has 6 heteroatoms. The van der Waals surface area contributed by atoms with Crippen LogP contribution in [0.25, 0.3) is 0 Å². The lowest BCUT2D eigenvalue weighted by atomic mass is 9.72. The minimum atomic E-state index is 0.0363. The zero-order valence-electron chi connectivity index (χ0n) is 14.8. The van der Waals surface area contributed by atoms with Crippen LogP contribution in [0.3, 0.4) is 0 Å². The molecule has 1 aliphatic carbocycles. The van der Waals surface area contributed by atoms with Gasteiger partial charge in [0.2, 0.25) is 5.91 Å². The molecule has 23 heavy (non-hydrogen) atoms. The molecule has 1 amide bonds. The average molecular weight is 322 g/mol. The third-order valence-electron chi connectivity index (χ3n) is 4.47. The van der Waals surface area contributed by atoms with E-state index in [9.17, 15) is 4.79 Å². The van der Waals surface area contributed by atoms with Gasteiger partial charge in [-0.2, -0.15) is 0 Å². The number of hydrogen-bond acceptors (Lipinski definition) is 4. The molecule has 2 rings (SSSR count). The molecule has 1 aromatic heterocycles. The number of amides is 1. The fourth-order valence-corrected chi connectivity index (χ4v) is 3.31. The molecule has 130 valence electrons. The van der Waals surface area contributed by atoms with Crippen molar-refractivity contribution >= 4 is 5.91 Å². The molecule has 1 saturated carbocycles. The number of nitrogens with zero attached hydrogens (tertiary/aromatic N) is 3. The fraction of sp³-hybridized carbons (Fsp3) is 0.824. The highest BCUT2D eigenvalue weighted by atomic mass is 16.5. The number of rotatable bonds is 7. The van der Waals surface area contributed by atoms with Gasteiger partial charge in [0.25, 0.3) is 0 Å². The van der Waals surface area contributed by atoms with Crippen LogP contribution in [-0.4, -0.2) is 33.5 Å². The van der Waals surface area contributed by atoms with Crippen molar-refractivity contribution in [1.82, 2.24) is 20.3 Å². The first-order chi connectivity index (χ1) is 10.9. The predicted octanol–water partition coefficient (Wildman–Crippen LogP) is 2.54. The standard InChI is InChI=1S/C17H30N4O2/c1-5-23-12-15-11-21(20-19-15)10-13(2)18-16(22)14-7-6-8-17(3,4)9-14/h11,13-14H,5-10,12H2,1-4H3,(H,18,22)/t13-,14?/m0/s1. The molecule has 0 aliphatic heterocycles. The Bertz CT molecular complexity index is 512. The minimum absolute atomic E-state index is 0.0363. The summed E-state index contributed by atoms with van der Waals surface area (Å²) in [6.45, 7) is 10.2. The van der Waals surface area contributed by atoms with E-state index in [0.717, 1.165) is 25.0 Å². The maximum absolute atomic E-state index is 12.5. The van der Waals surface area contributed by atoms with Gasteiger partial charge in [0.15, 0.2) is 0 Å². The van der Waals surface area contributed by atoms with Crippen molar-refractivity contribution in [2.24, 2.45) is 11.3 Å². The molecule has 1 heterocycles. The van der Waals surface area contributed by atoms with Crippen LogP contribution in [0.4, 0.5) is 0 Å². The van der Waals surface area contributed by atoms with Crippen molar-refractivity contribution < 1.29 is 9.53 Å². The van der Waals surface area contributed by atoms with Crippen molar-refractivity contribution in [3.8, 4) is 0 Å². The number of aromatic nitrogens is 3. The topological polar surface area (TPSA) is 69.0 Å². The van der Waals surface area contributed by atoms with Gasteiger partial charge in [-0.3, -0.25) is 9.48 Å². The summed E-state index contributed by atoms with van der Waals surface area (Å²) in [7, 11) is 0. The van der Waals surface area contributed by atoms with Gasteiger partial charge < -0.3 is 10.1 Å². The van der Waals surface area contributed by atoms with Gasteiger partial charge in [-0.25, -0.2) is 0 Å². The molecule has 1 fully saturated rings. The van der Waals surface area contributed by atoms with Gasteiger partial charge in [-0.05, 0) is 38.5 Å². The van der Waals surface area contributed by atoms with Crippen molar-refractivity contribution in [1.29, 1.82) is 0 Å². The number of nitrogens with one attached hydrogen (secondary N) is 1. The summed E-state index contributed by atoms with van der Waals surface area (Å²) < 4.78 is 7.08. The Hall–Kier alpha value is -1.43. The summed E-state index contributed by atoms with van der Waals surface area (Å²) >= 11 is 0. The molecule has 1 aliphatic rings. The zero-order chi connectivity index (χ0) is 16.9. The van der Waals surface area contributed by atoms with Gasteiger partial charge >= 0.3 is 0 Å². The van der Waals surface area contributed by atoms with E-state index >= 15 is 0 Å². The van der Waals surface area contributed by atoms with Crippen molar-refractivity contribution in [2.75, 3.05) is 6.61 Å². The van der Waals surface area contributed by atoms with Crippen LogP contribution in [0.1, 0.15) is 59.1 Å². The third-order valence-corrected chi connectivity index (χ3v) is 4.47. The Kier molecular flexibility index (Phi) is 6.16. The van der Waals surface area contributed by atoms with E-state index in [2.05, 4.69) is 29.5 Å². The zero-order valence-corrected chi connectivity index (χ0v) is 14.8. The molecule has 2 atom stereocenters. The number of carbonyl (C=O) groups is 1. The van der Waals surface area contributed by atoms with E-state index in [-0.39, 0.29) is 23.3 Å². The van der Waals surface area contributed by atoms with Gasteiger partial charge in [0, 0.05) is 18.6 Å². The second kappa shape index (κ2) is 7.90. The maximum Gasteiger partial charge on any atom is 0.223 e. The molecule has 0 aromatic carbocycles. The Balaban J connectivity index is 1.80. The van der Waals surface area contributed by atoms with Crippen molar-refractivity contribution in [3.63, 3.8) is 0 Å². The highest BCUT2D eigenvalue weighted by Crippen LogP contribution is 2.38. The van der Waals surface area contributed by atoms with E-state index in [1.165, 1.54) is 6.42 Å². The molecule has 1 aromatic rings. The molecule has 0 bridgehead atoms. The second-order valence-corrected chi connectivity index (χ2v) is 7.44. The average Bonchev–Trinajstić information content (AvgIpc) is 2.91. The SMILES string of the molecule is CCOCc1cn(C[C@H](C)NC(=O)C2CCCC(C)(C)C2)nn1. The first-order valence-corrected chi connectivity index (χ1v) is 8.67. The molecular weight excluding hydrogens is 292 g/mol.